The van der Waals surface area contributed by atoms with Crippen LogP contribution in [-0.4, -0.2) is 44.0 Å². The van der Waals surface area contributed by atoms with Gasteiger partial charge in [0.05, 0.1) is 26.2 Å². The molecule has 0 spiro atoms. The summed E-state index contributed by atoms with van der Waals surface area (Å²) >= 11 is 0. The molecule has 0 radical (unpaired) electrons. The summed E-state index contributed by atoms with van der Waals surface area (Å²) in [6.45, 7) is 3.23. The van der Waals surface area contributed by atoms with E-state index in [4.69, 9.17) is 9.47 Å². The molecule has 3 rings (SSSR count). The van der Waals surface area contributed by atoms with E-state index in [1.165, 1.54) is 12.8 Å². The highest BCUT2D eigenvalue weighted by atomic mass is 16.5. The summed E-state index contributed by atoms with van der Waals surface area (Å²) in [6, 6.07) is 5.33. The number of methoxy groups -OCH3 is 2. The zero-order chi connectivity index (χ0) is 18.0. The van der Waals surface area contributed by atoms with Gasteiger partial charge in [0, 0.05) is 19.5 Å². The summed E-state index contributed by atoms with van der Waals surface area (Å²) in [5.74, 6) is 1.47. The summed E-state index contributed by atoms with van der Waals surface area (Å²) in [7, 11) is 3.17. The molecule has 0 aromatic heterocycles. The molecule has 25 heavy (non-hydrogen) atoms. The summed E-state index contributed by atoms with van der Waals surface area (Å²) in [5, 5.41) is 3.03. The van der Waals surface area contributed by atoms with Crippen molar-refractivity contribution in [1.29, 1.82) is 0 Å². The lowest BCUT2D eigenvalue weighted by atomic mass is 9.92. The SMILES string of the molecule is CCN1C(=O)C[C@@H](C(=O)NCC2CC2)[C@@H]1c1ccc(OC)c(OC)c1. The minimum Gasteiger partial charge on any atom is -0.493 e. The maximum Gasteiger partial charge on any atom is 0.226 e. The van der Waals surface area contributed by atoms with Crippen molar-refractivity contribution in [3.05, 3.63) is 23.8 Å². The predicted molar refractivity (Wildman–Crippen MR) is 93.5 cm³/mol. The van der Waals surface area contributed by atoms with E-state index in [9.17, 15) is 9.59 Å². The Balaban J connectivity index is 1.87. The number of hydrogen-bond donors (Lipinski definition) is 1. The van der Waals surface area contributed by atoms with Crippen molar-refractivity contribution in [3.63, 3.8) is 0 Å². The van der Waals surface area contributed by atoms with Gasteiger partial charge in [-0.25, -0.2) is 0 Å². The lowest BCUT2D eigenvalue weighted by Gasteiger charge is -2.27. The summed E-state index contributed by atoms with van der Waals surface area (Å²) in [4.78, 5) is 26.9. The van der Waals surface area contributed by atoms with E-state index in [-0.39, 0.29) is 30.2 Å². The number of amides is 2. The van der Waals surface area contributed by atoms with Gasteiger partial charge in [-0.15, -0.1) is 0 Å². The van der Waals surface area contributed by atoms with E-state index in [0.717, 1.165) is 5.56 Å². The van der Waals surface area contributed by atoms with Gasteiger partial charge in [0.25, 0.3) is 0 Å². The number of carbonyl (C=O) groups excluding carboxylic acids is 2. The Morgan fingerprint density at radius 3 is 2.56 bits per heavy atom. The molecule has 0 bridgehead atoms. The molecule has 1 aliphatic carbocycles. The maximum absolute atomic E-state index is 12.7. The second-order valence-electron chi connectivity index (χ2n) is 6.74. The molecule has 1 saturated carbocycles. The van der Waals surface area contributed by atoms with Crippen LogP contribution in [-0.2, 0) is 9.59 Å². The van der Waals surface area contributed by atoms with Gasteiger partial charge < -0.3 is 19.7 Å². The smallest absolute Gasteiger partial charge is 0.226 e. The van der Waals surface area contributed by atoms with Crippen LogP contribution in [0, 0.1) is 11.8 Å². The Morgan fingerprint density at radius 2 is 1.96 bits per heavy atom. The van der Waals surface area contributed by atoms with E-state index in [0.29, 0.717) is 30.5 Å². The first-order chi connectivity index (χ1) is 12.1. The number of carbonyl (C=O) groups is 2. The predicted octanol–water partition coefficient (Wildman–Crippen LogP) is 2.14. The Kier molecular flexibility index (Phi) is 5.16. The van der Waals surface area contributed by atoms with Crippen molar-refractivity contribution < 1.29 is 19.1 Å². The van der Waals surface area contributed by atoms with Crippen molar-refractivity contribution in [3.8, 4) is 11.5 Å². The molecule has 1 heterocycles. The van der Waals surface area contributed by atoms with Gasteiger partial charge in [0.1, 0.15) is 0 Å². The molecule has 6 nitrogen and oxygen atoms in total. The van der Waals surface area contributed by atoms with Gasteiger partial charge in [-0.1, -0.05) is 6.07 Å². The molecule has 1 saturated heterocycles. The van der Waals surface area contributed by atoms with Crippen LogP contribution in [0.25, 0.3) is 0 Å². The van der Waals surface area contributed by atoms with Crippen LogP contribution in [0.5, 0.6) is 11.5 Å². The minimum atomic E-state index is -0.371. The summed E-state index contributed by atoms with van der Waals surface area (Å²) < 4.78 is 10.7. The quantitative estimate of drug-likeness (QED) is 0.821. The first-order valence-electron chi connectivity index (χ1n) is 8.88. The molecular weight excluding hydrogens is 320 g/mol. The molecule has 2 aliphatic rings. The van der Waals surface area contributed by atoms with Crippen molar-refractivity contribution in [2.75, 3.05) is 27.3 Å². The topological polar surface area (TPSA) is 67.9 Å². The fraction of sp³-hybridized carbons (Fsp3) is 0.579. The van der Waals surface area contributed by atoms with Gasteiger partial charge in [-0.2, -0.15) is 0 Å². The van der Waals surface area contributed by atoms with Gasteiger partial charge in [0.15, 0.2) is 11.5 Å². The highest BCUT2D eigenvalue weighted by Gasteiger charge is 2.44. The number of nitrogens with one attached hydrogen (secondary N) is 1. The molecule has 1 aliphatic heterocycles. The van der Waals surface area contributed by atoms with Crippen molar-refractivity contribution in [2.45, 2.75) is 32.2 Å². The molecule has 2 atom stereocenters. The maximum atomic E-state index is 12.7. The van der Waals surface area contributed by atoms with Gasteiger partial charge in [-0.05, 0) is 43.4 Å². The van der Waals surface area contributed by atoms with Crippen LogP contribution in [0.1, 0.15) is 37.8 Å². The average molecular weight is 346 g/mol. The third-order valence-electron chi connectivity index (χ3n) is 5.12. The number of benzene rings is 1. The number of ether oxygens (including phenoxy) is 2. The lowest BCUT2D eigenvalue weighted by molar-refractivity contribution is -0.129. The molecular formula is C19H26N2O4. The van der Waals surface area contributed by atoms with Crippen LogP contribution >= 0.6 is 0 Å². The number of hydrogen-bond acceptors (Lipinski definition) is 4. The van der Waals surface area contributed by atoms with E-state index in [1.54, 1.807) is 19.1 Å². The third-order valence-corrected chi connectivity index (χ3v) is 5.12. The first-order valence-corrected chi connectivity index (χ1v) is 8.88. The highest BCUT2D eigenvalue weighted by molar-refractivity contribution is 5.90. The number of rotatable bonds is 7. The van der Waals surface area contributed by atoms with Crippen LogP contribution in [0.15, 0.2) is 18.2 Å². The van der Waals surface area contributed by atoms with Gasteiger partial charge >= 0.3 is 0 Å². The molecule has 136 valence electrons. The van der Waals surface area contributed by atoms with Crippen LogP contribution < -0.4 is 14.8 Å². The Hall–Kier alpha value is -2.24. The Labute approximate surface area is 148 Å². The number of likely N-dealkylation sites (tertiary alicyclic amines) is 1. The van der Waals surface area contributed by atoms with Crippen LogP contribution in [0.4, 0.5) is 0 Å². The van der Waals surface area contributed by atoms with Crippen molar-refractivity contribution in [1.82, 2.24) is 10.2 Å². The van der Waals surface area contributed by atoms with Crippen LogP contribution in [0.2, 0.25) is 0 Å². The minimum absolute atomic E-state index is 0.0221. The molecule has 1 aromatic rings. The normalized spacial score (nSPS) is 22.8. The fourth-order valence-electron chi connectivity index (χ4n) is 3.55. The van der Waals surface area contributed by atoms with Crippen LogP contribution in [0.3, 0.4) is 0 Å². The van der Waals surface area contributed by atoms with Crippen molar-refractivity contribution in [2.24, 2.45) is 11.8 Å². The van der Waals surface area contributed by atoms with Crippen molar-refractivity contribution >= 4 is 11.8 Å². The van der Waals surface area contributed by atoms with E-state index in [2.05, 4.69) is 5.32 Å². The Bertz CT molecular complexity index is 657. The molecule has 1 aromatic carbocycles. The van der Waals surface area contributed by atoms with E-state index >= 15 is 0 Å². The zero-order valence-electron chi connectivity index (χ0n) is 15.1. The molecule has 0 unspecified atom stereocenters. The Morgan fingerprint density at radius 1 is 1.24 bits per heavy atom. The second kappa shape index (κ2) is 7.33. The zero-order valence-corrected chi connectivity index (χ0v) is 15.1. The number of nitrogens with zero attached hydrogens (tertiary/aromatic N) is 1. The summed E-state index contributed by atoms with van der Waals surface area (Å²) in [6.07, 6.45) is 2.62. The highest BCUT2D eigenvalue weighted by Crippen LogP contribution is 2.41. The van der Waals surface area contributed by atoms with Gasteiger partial charge in [0.2, 0.25) is 11.8 Å². The summed E-state index contributed by atoms with van der Waals surface area (Å²) in [5.41, 5.74) is 0.900. The first kappa shape index (κ1) is 17.6. The molecule has 2 amide bonds. The van der Waals surface area contributed by atoms with E-state index in [1.807, 2.05) is 25.1 Å². The standard InChI is InChI=1S/C19H26N2O4/c1-4-21-17(22)10-14(19(23)20-11-12-5-6-12)18(21)13-7-8-15(24-2)16(9-13)25-3/h7-9,12,14,18H,4-6,10-11H2,1-3H3,(H,20,23)/t14-,18+/m1/s1. The van der Waals surface area contributed by atoms with E-state index < -0.39 is 0 Å². The van der Waals surface area contributed by atoms with Gasteiger partial charge in [-0.3, -0.25) is 9.59 Å². The lowest BCUT2D eigenvalue weighted by Crippen LogP contribution is -2.36. The second-order valence-corrected chi connectivity index (χ2v) is 6.74. The molecule has 6 heteroatoms. The third kappa shape index (κ3) is 3.57. The largest absolute Gasteiger partial charge is 0.493 e. The fourth-order valence-corrected chi connectivity index (χ4v) is 3.55. The molecule has 2 fully saturated rings. The monoisotopic (exact) mass is 346 g/mol. The molecule has 1 N–H and O–H groups in total. The average Bonchev–Trinajstić information content (AvgIpc) is 3.40.